The molecule has 0 radical (unpaired) electrons. The maximum Gasteiger partial charge on any atom is 0.252 e. The Morgan fingerprint density at radius 1 is 1.38 bits per heavy atom. The summed E-state index contributed by atoms with van der Waals surface area (Å²) in [6.45, 7) is 5.46. The van der Waals surface area contributed by atoms with Gasteiger partial charge in [-0.25, -0.2) is 0 Å². The highest BCUT2D eigenvalue weighted by Crippen LogP contribution is 2.26. The Hall–Kier alpha value is -0.620. The van der Waals surface area contributed by atoms with Gasteiger partial charge in [-0.2, -0.15) is 0 Å². The summed E-state index contributed by atoms with van der Waals surface area (Å²) in [7, 11) is 0. The lowest BCUT2D eigenvalue weighted by molar-refractivity contribution is -0.00294. The first-order chi connectivity index (χ1) is 10.1. The quantitative estimate of drug-likeness (QED) is 0.600. The summed E-state index contributed by atoms with van der Waals surface area (Å²) >= 11 is 2.23. The Bertz CT molecular complexity index is 490. The van der Waals surface area contributed by atoms with Crippen LogP contribution in [0.4, 0.5) is 0 Å². The highest BCUT2D eigenvalue weighted by atomic mass is 127. The van der Waals surface area contributed by atoms with Crippen molar-refractivity contribution in [1.82, 2.24) is 5.32 Å². The zero-order valence-electron chi connectivity index (χ0n) is 12.8. The van der Waals surface area contributed by atoms with Gasteiger partial charge in [0.1, 0.15) is 0 Å². The standard InChI is InChI=1S/C17H24INO2/c1-12-6-3-4-9-15(12)21-11-10-19-17(20)14-8-5-7-13(2)16(14)18/h5,7-8,12,15H,3-4,6,9-11H2,1-2H3,(H,19,20). The van der Waals surface area contributed by atoms with Gasteiger partial charge in [0, 0.05) is 10.1 Å². The van der Waals surface area contributed by atoms with Gasteiger partial charge in [0.2, 0.25) is 0 Å². The number of nitrogens with one attached hydrogen (secondary N) is 1. The molecule has 1 aliphatic carbocycles. The summed E-state index contributed by atoms with van der Waals surface area (Å²) in [5.41, 5.74) is 1.89. The second-order valence-electron chi connectivity index (χ2n) is 5.86. The first-order valence-corrected chi connectivity index (χ1v) is 8.82. The van der Waals surface area contributed by atoms with E-state index in [1.807, 2.05) is 25.1 Å². The molecule has 1 aromatic rings. The minimum absolute atomic E-state index is 0.0107. The van der Waals surface area contributed by atoms with E-state index in [0.29, 0.717) is 25.2 Å². The molecule has 1 amide bonds. The lowest BCUT2D eigenvalue weighted by Gasteiger charge is -2.28. The molecule has 21 heavy (non-hydrogen) atoms. The normalized spacial score (nSPS) is 22.0. The third-order valence-electron chi connectivity index (χ3n) is 4.19. The van der Waals surface area contributed by atoms with Crippen LogP contribution in [0.5, 0.6) is 0 Å². The number of carbonyl (C=O) groups is 1. The van der Waals surface area contributed by atoms with Crippen molar-refractivity contribution < 1.29 is 9.53 Å². The highest BCUT2D eigenvalue weighted by Gasteiger charge is 2.21. The number of rotatable bonds is 5. The van der Waals surface area contributed by atoms with E-state index in [-0.39, 0.29) is 5.91 Å². The summed E-state index contributed by atoms with van der Waals surface area (Å²) in [5, 5.41) is 2.95. The number of ether oxygens (including phenoxy) is 1. The zero-order valence-corrected chi connectivity index (χ0v) is 15.0. The van der Waals surface area contributed by atoms with Crippen molar-refractivity contribution >= 4 is 28.5 Å². The average Bonchev–Trinajstić information content (AvgIpc) is 2.48. The fourth-order valence-corrected chi connectivity index (χ4v) is 3.43. The molecule has 2 rings (SSSR count). The first kappa shape index (κ1) is 16.7. The minimum Gasteiger partial charge on any atom is -0.376 e. The molecule has 1 fully saturated rings. The Morgan fingerprint density at radius 2 is 2.14 bits per heavy atom. The van der Waals surface area contributed by atoms with Crippen LogP contribution in [0.3, 0.4) is 0 Å². The maximum atomic E-state index is 12.2. The van der Waals surface area contributed by atoms with Gasteiger partial charge >= 0.3 is 0 Å². The Labute approximate surface area is 141 Å². The minimum atomic E-state index is -0.0107. The molecule has 1 aromatic carbocycles. The van der Waals surface area contributed by atoms with Gasteiger partial charge in [0.25, 0.3) is 5.91 Å². The van der Waals surface area contributed by atoms with Gasteiger partial charge in [-0.1, -0.05) is 31.9 Å². The fraction of sp³-hybridized carbons (Fsp3) is 0.588. The van der Waals surface area contributed by atoms with Crippen molar-refractivity contribution in [1.29, 1.82) is 0 Å². The molecule has 2 unspecified atom stereocenters. The molecule has 0 saturated heterocycles. The number of hydrogen-bond acceptors (Lipinski definition) is 2. The molecule has 0 aliphatic heterocycles. The summed E-state index contributed by atoms with van der Waals surface area (Å²) in [6.07, 6.45) is 5.38. The molecule has 0 aromatic heterocycles. The van der Waals surface area contributed by atoms with Crippen LogP contribution in [0.25, 0.3) is 0 Å². The van der Waals surface area contributed by atoms with Gasteiger partial charge in [-0.3, -0.25) is 4.79 Å². The van der Waals surface area contributed by atoms with Crippen LogP contribution in [0.15, 0.2) is 18.2 Å². The molecule has 1 N–H and O–H groups in total. The average molecular weight is 401 g/mol. The van der Waals surface area contributed by atoms with Crippen LogP contribution in [-0.2, 0) is 4.74 Å². The van der Waals surface area contributed by atoms with E-state index in [4.69, 9.17) is 4.74 Å². The zero-order chi connectivity index (χ0) is 15.2. The Morgan fingerprint density at radius 3 is 2.90 bits per heavy atom. The topological polar surface area (TPSA) is 38.3 Å². The van der Waals surface area contributed by atoms with Crippen molar-refractivity contribution in [3.8, 4) is 0 Å². The number of halogens is 1. The summed E-state index contributed by atoms with van der Waals surface area (Å²) in [6, 6.07) is 5.81. The third-order valence-corrected chi connectivity index (χ3v) is 5.62. The van der Waals surface area contributed by atoms with Crippen molar-refractivity contribution in [2.24, 2.45) is 5.92 Å². The third kappa shape index (κ3) is 4.68. The van der Waals surface area contributed by atoms with E-state index in [1.54, 1.807) is 0 Å². The van der Waals surface area contributed by atoms with Gasteiger partial charge in [-0.05, 0) is 59.9 Å². The first-order valence-electron chi connectivity index (χ1n) is 7.74. The molecular weight excluding hydrogens is 377 g/mol. The SMILES string of the molecule is Cc1cccc(C(=O)NCCOC2CCCCC2C)c1I. The fourth-order valence-electron chi connectivity index (χ4n) is 2.82. The second kappa shape index (κ2) is 8.13. The van der Waals surface area contributed by atoms with E-state index >= 15 is 0 Å². The highest BCUT2D eigenvalue weighted by molar-refractivity contribution is 14.1. The molecule has 4 heteroatoms. The largest absolute Gasteiger partial charge is 0.376 e. The number of carbonyl (C=O) groups excluding carboxylic acids is 1. The van der Waals surface area contributed by atoms with Crippen molar-refractivity contribution in [3.63, 3.8) is 0 Å². The number of benzene rings is 1. The van der Waals surface area contributed by atoms with Gasteiger partial charge < -0.3 is 10.1 Å². The molecule has 1 saturated carbocycles. The summed E-state index contributed by atoms with van der Waals surface area (Å²) < 4.78 is 6.94. The van der Waals surface area contributed by atoms with Gasteiger partial charge in [0.05, 0.1) is 18.3 Å². The van der Waals surface area contributed by atoms with Gasteiger partial charge in [-0.15, -0.1) is 0 Å². The Balaban J connectivity index is 1.75. The van der Waals surface area contributed by atoms with Crippen LogP contribution >= 0.6 is 22.6 Å². The van der Waals surface area contributed by atoms with E-state index < -0.39 is 0 Å². The lowest BCUT2D eigenvalue weighted by Crippen LogP contribution is -2.32. The number of amides is 1. The monoisotopic (exact) mass is 401 g/mol. The molecule has 1 aliphatic rings. The van der Waals surface area contributed by atoms with Crippen LogP contribution in [0, 0.1) is 16.4 Å². The molecule has 0 spiro atoms. The van der Waals surface area contributed by atoms with E-state index in [0.717, 1.165) is 21.1 Å². The van der Waals surface area contributed by atoms with Crippen molar-refractivity contribution in [2.75, 3.05) is 13.2 Å². The smallest absolute Gasteiger partial charge is 0.252 e. The summed E-state index contributed by atoms with van der Waals surface area (Å²) in [5.74, 6) is 0.635. The molecule has 116 valence electrons. The summed E-state index contributed by atoms with van der Waals surface area (Å²) in [4.78, 5) is 12.2. The van der Waals surface area contributed by atoms with Crippen molar-refractivity contribution in [3.05, 3.63) is 32.9 Å². The predicted octanol–water partition coefficient (Wildman–Crippen LogP) is 3.92. The van der Waals surface area contributed by atoms with E-state index in [2.05, 4.69) is 34.8 Å². The second-order valence-corrected chi connectivity index (χ2v) is 6.94. The molecule has 0 heterocycles. The molecule has 0 bridgehead atoms. The van der Waals surface area contributed by atoms with E-state index in [9.17, 15) is 4.79 Å². The van der Waals surface area contributed by atoms with Gasteiger partial charge in [0.15, 0.2) is 0 Å². The number of aryl methyl sites for hydroxylation is 1. The Kier molecular flexibility index (Phi) is 6.48. The van der Waals surface area contributed by atoms with E-state index in [1.165, 1.54) is 19.3 Å². The van der Waals surface area contributed by atoms with Crippen LogP contribution in [0.1, 0.15) is 48.5 Å². The molecular formula is C17H24INO2. The van der Waals surface area contributed by atoms with Crippen LogP contribution in [0.2, 0.25) is 0 Å². The maximum absolute atomic E-state index is 12.2. The predicted molar refractivity (Wildman–Crippen MR) is 93.6 cm³/mol. The molecule has 2 atom stereocenters. The van der Waals surface area contributed by atoms with Crippen LogP contribution in [-0.4, -0.2) is 25.2 Å². The molecule has 3 nitrogen and oxygen atoms in total. The van der Waals surface area contributed by atoms with Crippen molar-refractivity contribution in [2.45, 2.75) is 45.6 Å². The number of hydrogen-bond donors (Lipinski definition) is 1. The van der Waals surface area contributed by atoms with Crippen LogP contribution < -0.4 is 5.32 Å². The lowest BCUT2D eigenvalue weighted by atomic mass is 9.88.